The third-order valence-electron chi connectivity index (χ3n) is 2.63. The number of methoxy groups -OCH3 is 1. The van der Waals surface area contributed by atoms with Crippen LogP contribution in [0.25, 0.3) is 0 Å². The van der Waals surface area contributed by atoms with Gasteiger partial charge in [-0.1, -0.05) is 24.3 Å². The molecular formula is C14H13NO3. The Kier molecular flexibility index (Phi) is 3.57. The Bertz CT molecular complexity index is 549. The van der Waals surface area contributed by atoms with Gasteiger partial charge in [0.25, 0.3) is 0 Å². The second kappa shape index (κ2) is 5.31. The van der Waals surface area contributed by atoms with E-state index >= 15 is 0 Å². The van der Waals surface area contributed by atoms with Crippen molar-refractivity contribution in [3.05, 3.63) is 59.4 Å². The quantitative estimate of drug-likeness (QED) is 0.895. The third-order valence-corrected chi connectivity index (χ3v) is 2.63. The number of carboxylic acid groups (broad SMARTS) is 1. The fourth-order valence-corrected chi connectivity index (χ4v) is 1.72. The van der Waals surface area contributed by atoms with Crippen LogP contribution in [0.1, 0.15) is 21.6 Å². The standard InChI is InChI=1S/C14H13NO3/c1-18-13-5-3-2-4-11(13)8-10-6-7-12(14(16)17)15-9-10/h2-7,9H,8H2,1H3,(H,16,17). The molecule has 2 aromatic rings. The Labute approximate surface area is 105 Å². The average molecular weight is 243 g/mol. The Morgan fingerprint density at radius 1 is 1.28 bits per heavy atom. The van der Waals surface area contributed by atoms with E-state index in [4.69, 9.17) is 9.84 Å². The van der Waals surface area contributed by atoms with E-state index in [1.165, 1.54) is 6.07 Å². The van der Waals surface area contributed by atoms with Gasteiger partial charge in [-0.2, -0.15) is 0 Å². The van der Waals surface area contributed by atoms with E-state index in [1.54, 1.807) is 19.4 Å². The van der Waals surface area contributed by atoms with E-state index in [9.17, 15) is 4.79 Å². The van der Waals surface area contributed by atoms with Crippen LogP contribution in [0.15, 0.2) is 42.6 Å². The zero-order chi connectivity index (χ0) is 13.0. The predicted molar refractivity (Wildman–Crippen MR) is 67.0 cm³/mol. The Balaban J connectivity index is 2.21. The summed E-state index contributed by atoms with van der Waals surface area (Å²) in [6.07, 6.45) is 2.24. The fraction of sp³-hybridized carbons (Fsp3) is 0.143. The number of ether oxygens (including phenoxy) is 1. The van der Waals surface area contributed by atoms with Crippen molar-refractivity contribution in [1.29, 1.82) is 0 Å². The highest BCUT2D eigenvalue weighted by atomic mass is 16.5. The van der Waals surface area contributed by atoms with E-state index in [2.05, 4.69) is 4.98 Å². The monoisotopic (exact) mass is 243 g/mol. The number of hydrogen-bond donors (Lipinski definition) is 1. The van der Waals surface area contributed by atoms with Gasteiger partial charge in [-0.15, -0.1) is 0 Å². The molecule has 18 heavy (non-hydrogen) atoms. The summed E-state index contributed by atoms with van der Waals surface area (Å²) in [5.74, 6) is -0.196. The van der Waals surface area contributed by atoms with E-state index in [-0.39, 0.29) is 5.69 Å². The summed E-state index contributed by atoms with van der Waals surface area (Å²) in [5, 5.41) is 8.77. The summed E-state index contributed by atoms with van der Waals surface area (Å²) in [7, 11) is 1.63. The lowest BCUT2D eigenvalue weighted by Gasteiger charge is -2.07. The zero-order valence-electron chi connectivity index (χ0n) is 9.96. The van der Waals surface area contributed by atoms with Crippen LogP contribution in [0.4, 0.5) is 0 Å². The molecule has 0 aliphatic rings. The smallest absolute Gasteiger partial charge is 0.354 e. The van der Waals surface area contributed by atoms with E-state index in [0.29, 0.717) is 6.42 Å². The van der Waals surface area contributed by atoms with E-state index in [0.717, 1.165) is 16.9 Å². The minimum Gasteiger partial charge on any atom is -0.496 e. The third kappa shape index (κ3) is 2.66. The first-order chi connectivity index (χ1) is 8.70. The van der Waals surface area contributed by atoms with Crippen molar-refractivity contribution in [2.24, 2.45) is 0 Å². The second-order valence-electron chi connectivity index (χ2n) is 3.85. The zero-order valence-corrected chi connectivity index (χ0v) is 9.96. The summed E-state index contributed by atoms with van der Waals surface area (Å²) in [6.45, 7) is 0. The topological polar surface area (TPSA) is 59.4 Å². The summed E-state index contributed by atoms with van der Waals surface area (Å²) in [5.41, 5.74) is 2.05. The van der Waals surface area contributed by atoms with Crippen LogP contribution in [0.2, 0.25) is 0 Å². The molecule has 0 spiro atoms. The number of carboxylic acids is 1. The molecule has 0 unspecified atom stereocenters. The molecule has 0 aliphatic heterocycles. The maximum atomic E-state index is 10.7. The molecule has 1 aromatic heterocycles. The van der Waals surface area contributed by atoms with Crippen LogP contribution in [-0.2, 0) is 6.42 Å². The second-order valence-corrected chi connectivity index (χ2v) is 3.85. The molecule has 4 heteroatoms. The highest BCUT2D eigenvalue weighted by Crippen LogP contribution is 2.20. The molecule has 4 nitrogen and oxygen atoms in total. The van der Waals surface area contributed by atoms with Crippen molar-refractivity contribution in [2.75, 3.05) is 7.11 Å². The molecule has 0 saturated carbocycles. The first kappa shape index (κ1) is 12.1. The van der Waals surface area contributed by atoms with Crippen LogP contribution >= 0.6 is 0 Å². The Hall–Kier alpha value is -2.36. The minimum absolute atomic E-state index is 0.0544. The van der Waals surface area contributed by atoms with Gasteiger partial charge in [0.2, 0.25) is 0 Å². The first-order valence-electron chi connectivity index (χ1n) is 5.51. The number of aromatic carboxylic acids is 1. The van der Waals surface area contributed by atoms with Gasteiger partial charge < -0.3 is 9.84 Å². The Morgan fingerprint density at radius 2 is 2.06 bits per heavy atom. The summed E-state index contributed by atoms with van der Waals surface area (Å²) in [6, 6.07) is 11.0. The number of aromatic nitrogens is 1. The van der Waals surface area contributed by atoms with Crippen molar-refractivity contribution in [2.45, 2.75) is 6.42 Å². The van der Waals surface area contributed by atoms with Crippen LogP contribution in [0.5, 0.6) is 5.75 Å². The molecule has 0 atom stereocenters. The van der Waals surface area contributed by atoms with Gasteiger partial charge in [-0.05, 0) is 23.3 Å². The molecule has 0 bridgehead atoms. The molecule has 92 valence electrons. The van der Waals surface area contributed by atoms with Crippen LogP contribution < -0.4 is 4.74 Å². The molecule has 0 fully saturated rings. The van der Waals surface area contributed by atoms with Gasteiger partial charge >= 0.3 is 5.97 Å². The number of pyridine rings is 1. The van der Waals surface area contributed by atoms with Gasteiger partial charge in [0.15, 0.2) is 0 Å². The number of benzene rings is 1. The van der Waals surface area contributed by atoms with Crippen LogP contribution in [0.3, 0.4) is 0 Å². The van der Waals surface area contributed by atoms with Crippen LogP contribution in [0, 0.1) is 0 Å². The molecule has 0 saturated heterocycles. The highest BCUT2D eigenvalue weighted by Gasteiger charge is 2.06. The molecule has 0 aliphatic carbocycles. The lowest BCUT2D eigenvalue weighted by atomic mass is 10.1. The lowest BCUT2D eigenvalue weighted by molar-refractivity contribution is 0.0690. The molecular weight excluding hydrogens is 230 g/mol. The van der Waals surface area contributed by atoms with Gasteiger partial charge in [0, 0.05) is 12.6 Å². The molecule has 0 radical (unpaired) electrons. The molecule has 1 heterocycles. The number of nitrogens with zero attached hydrogens (tertiary/aromatic N) is 1. The van der Waals surface area contributed by atoms with E-state index < -0.39 is 5.97 Å². The van der Waals surface area contributed by atoms with Crippen molar-refractivity contribution in [3.8, 4) is 5.75 Å². The SMILES string of the molecule is COc1ccccc1Cc1ccc(C(=O)O)nc1. The maximum absolute atomic E-state index is 10.7. The largest absolute Gasteiger partial charge is 0.496 e. The first-order valence-corrected chi connectivity index (χ1v) is 5.51. The molecule has 1 N–H and O–H groups in total. The van der Waals surface area contributed by atoms with Gasteiger partial charge in [-0.25, -0.2) is 9.78 Å². The molecule has 2 rings (SSSR count). The Morgan fingerprint density at radius 3 is 2.67 bits per heavy atom. The maximum Gasteiger partial charge on any atom is 0.354 e. The molecule has 0 amide bonds. The average Bonchev–Trinajstić information content (AvgIpc) is 2.40. The summed E-state index contributed by atoms with van der Waals surface area (Å²) in [4.78, 5) is 14.6. The van der Waals surface area contributed by atoms with Crippen LogP contribution in [-0.4, -0.2) is 23.2 Å². The van der Waals surface area contributed by atoms with Gasteiger partial charge in [-0.3, -0.25) is 0 Å². The summed E-state index contributed by atoms with van der Waals surface area (Å²) < 4.78 is 5.26. The van der Waals surface area contributed by atoms with E-state index in [1.807, 2.05) is 24.3 Å². The number of hydrogen-bond acceptors (Lipinski definition) is 3. The summed E-state index contributed by atoms with van der Waals surface area (Å²) >= 11 is 0. The van der Waals surface area contributed by atoms with Gasteiger partial charge in [0.05, 0.1) is 7.11 Å². The minimum atomic E-state index is -1.01. The van der Waals surface area contributed by atoms with Crippen molar-refractivity contribution < 1.29 is 14.6 Å². The predicted octanol–water partition coefficient (Wildman–Crippen LogP) is 2.38. The number of rotatable bonds is 4. The van der Waals surface area contributed by atoms with Gasteiger partial charge in [0.1, 0.15) is 11.4 Å². The van der Waals surface area contributed by atoms with Crippen molar-refractivity contribution in [3.63, 3.8) is 0 Å². The van der Waals surface area contributed by atoms with Crippen molar-refractivity contribution in [1.82, 2.24) is 4.98 Å². The normalized spacial score (nSPS) is 10.1. The number of para-hydroxylation sites is 1. The highest BCUT2D eigenvalue weighted by molar-refractivity contribution is 5.85. The fourth-order valence-electron chi connectivity index (χ4n) is 1.72. The molecule has 1 aromatic carbocycles. The van der Waals surface area contributed by atoms with Crippen molar-refractivity contribution >= 4 is 5.97 Å². The number of carbonyl (C=O) groups is 1. The lowest BCUT2D eigenvalue weighted by Crippen LogP contribution is -2.01.